The van der Waals surface area contributed by atoms with Crippen molar-refractivity contribution in [1.29, 1.82) is 0 Å². The summed E-state index contributed by atoms with van der Waals surface area (Å²) in [5.74, 6) is 0.189. The van der Waals surface area contributed by atoms with Gasteiger partial charge in [-0.25, -0.2) is 0 Å². The molecule has 1 unspecified atom stereocenters. The van der Waals surface area contributed by atoms with Gasteiger partial charge in [-0.2, -0.15) is 0 Å². The molecule has 0 amide bonds. The van der Waals surface area contributed by atoms with Gasteiger partial charge in [0, 0.05) is 23.4 Å². The van der Waals surface area contributed by atoms with E-state index in [1.54, 1.807) is 13.2 Å². The van der Waals surface area contributed by atoms with Gasteiger partial charge in [-0.1, -0.05) is 18.2 Å². The topological polar surface area (TPSA) is 33.5 Å². The van der Waals surface area contributed by atoms with Crippen LogP contribution in [-0.2, 0) is 4.79 Å². The van der Waals surface area contributed by atoms with Crippen LogP contribution < -0.4 is 0 Å². The zero-order valence-corrected chi connectivity index (χ0v) is 10.4. The molecule has 0 aliphatic rings. The molecule has 1 atom stereocenters. The molecule has 3 heteroatoms. The van der Waals surface area contributed by atoms with Crippen molar-refractivity contribution in [2.75, 3.05) is 14.1 Å². The fourth-order valence-electron chi connectivity index (χ4n) is 2.10. The van der Waals surface area contributed by atoms with Crippen molar-refractivity contribution < 1.29 is 9.21 Å². The second kappa shape index (κ2) is 4.72. The number of hydrogen-bond donors (Lipinski definition) is 0. The number of carbonyl (C=O) groups excluding carboxylic acids is 1. The third-order valence-electron chi connectivity index (χ3n) is 2.97. The van der Waals surface area contributed by atoms with Crippen LogP contribution in [0.4, 0.5) is 0 Å². The van der Waals surface area contributed by atoms with Crippen LogP contribution in [0.5, 0.6) is 0 Å². The Balaban J connectivity index is 2.45. The molecule has 0 aliphatic carbocycles. The van der Waals surface area contributed by atoms with Gasteiger partial charge >= 0.3 is 0 Å². The number of nitrogens with zero attached hydrogens (tertiary/aromatic N) is 1. The predicted octanol–water partition coefficient (Wildman–Crippen LogP) is 3.01. The number of rotatable bonds is 4. The van der Waals surface area contributed by atoms with Gasteiger partial charge < -0.3 is 9.32 Å². The highest BCUT2D eigenvalue weighted by Crippen LogP contribution is 2.30. The van der Waals surface area contributed by atoms with Crippen LogP contribution in [0, 0.1) is 0 Å². The second-order valence-corrected chi connectivity index (χ2v) is 4.57. The first-order valence-corrected chi connectivity index (χ1v) is 5.71. The fraction of sp³-hybridized carbons (Fsp3) is 0.357. The Labute approximate surface area is 101 Å². The van der Waals surface area contributed by atoms with E-state index in [-0.39, 0.29) is 11.8 Å². The highest BCUT2D eigenvalue weighted by Gasteiger charge is 2.20. The van der Waals surface area contributed by atoms with E-state index in [0.29, 0.717) is 6.42 Å². The van der Waals surface area contributed by atoms with E-state index in [2.05, 4.69) is 4.90 Å². The van der Waals surface area contributed by atoms with Crippen LogP contribution >= 0.6 is 0 Å². The third-order valence-corrected chi connectivity index (χ3v) is 2.97. The first kappa shape index (κ1) is 11.9. The molecule has 2 rings (SSSR count). The van der Waals surface area contributed by atoms with Crippen LogP contribution in [0.15, 0.2) is 34.9 Å². The second-order valence-electron chi connectivity index (χ2n) is 4.57. The number of furan rings is 1. The zero-order valence-electron chi connectivity index (χ0n) is 10.4. The summed E-state index contributed by atoms with van der Waals surface area (Å²) >= 11 is 0. The summed E-state index contributed by atoms with van der Waals surface area (Å²) in [5, 5.41) is 1.09. The van der Waals surface area contributed by atoms with Crippen LogP contribution in [0.2, 0.25) is 0 Å². The summed E-state index contributed by atoms with van der Waals surface area (Å²) in [5.41, 5.74) is 1.96. The minimum absolute atomic E-state index is 0.0798. The Morgan fingerprint density at radius 1 is 1.35 bits per heavy atom. The van der Waals surface area contributed by atoms with Crippen molar-refractivity contribution in [2.24, 2.45) is 0 Å². The number of ketones is 1. The standard InChI is InChI=1S/C14H17NO2/c1-10(16)8-13(15(2)3)12-9-17-14-7-5-4-6-11(12)14/h4-7,9,13H,8H2,1-3H3. The van der Waals surface area contributed by atoms with Gasteiger partial charge in [-0.3, -0.25) is 4.79 Å². The summed E-state index contributed by atoms with van der Waals surface area (Å²) in [6.07, 6.45) is 2.27. The van der Waals surface area contributed by atoms with Gasteiger partial charge in [0.1, 0.15) is 11.4 Å². The molecule has 0 aliphatic heterocycles. The average molecular weight is 231 g/mol. The molecule has 0 radical (unpaired) electrons. The van der Waals surface area contributed by atoms with Crippen molar-refractivity contribution in [3.63, 3.8) is 0 Å². The lowest BCUT2D eigenvalue weighted by atomic mass is 10.0. The molecule has 0 saturated carbocycles. The Morgan fingerprint density at radius 2 is 2.06 bits per heavy atom. The van der Waals surface area contributed by atoms with Gasteiger partial charge in [0.25, 0.3) is 0 Å². The normalized spacial score (nSPS) is 13.2. The van der Waals surface area contributed by atoms with Crippen LogP contribution in [0.25, 0.3) is 11.0 Å². The maximum Gasteiger partial charge on any atom is 0.134 e. The molecule has 0 bridgehead atoms. The fourth-order valence-corrected chi connectivity index (χ4v) is 2.10. The lowest BCUT2D eigenvalue weighted by molar-refractivity contribution is -0.118. The number of fused-ring (bicyclic) bond motifs is 1. The Kier molecular flexibility index (Phi) is 3.29. The van der Waals surface area contributed by atoms with Crippen LogP contribution in [0.1, 0.15) is 24.9 Å². The first-order chi connectivity index (χ1) is 8.09. The smallest absolute Gasteiger partial charge is 0.134 e. The SMILES string of the molecule is CC(=O)CC(c1coc2ccccc12)N(C)C. The van der Waals surface area contributed by atoms with Gasteiger partial charge in [-0.15, -0.1) is 0 Å². The molecule has 90 valence electrons. The van der Waals surface area contributed by atoms with Gasteiger partial charge in [-0.05, 0) is 27.1 Å². The van der Waals surface area contributed by atoms with E-state index in [4.69, 9.17) is 4.42 Å². The molecule has 0 saturated heterocycles. The zero-order chi connectivity index (χ0) is 12.4. The highest BCUT2D eigenvalue weighted by molar-refractivity contribution is 5.83. The molecule has 0 fully saturated rings. The lowest BCUT2D eigenvalue weighted by Gasteiger charge is -2.22. The molecule has 1 heterocycles. The molecular formula is C14H17NO2. The molecule has 0 spiro atoms. The minimum Gasteiger partial charge on any atom is -0.464 e. The molecule has 3 nitrogen and oxygen atoms in total. The summed E-state index contributed by atoms with van der Waals surface area (Å²) in [7, 11) is 3.96. The summed E-state index contributed by atoms with van der Waals surface area (Å²) < 4.78 is 5.52. The summed E-state index contributed by atoms with van der Waals surface area (Å²) in [6, 6.07) is 7.99. The van der Waals surface area contributed by atoms with E-state index in [1.165, 1.54) is 0 Å². The van der Waals surface area contributed by atoms with Crippen molar-refractivity contribution in [1.82, 2.24) is 4.90 Å². The number of carbonyl (C=O) groups is 1. The molecule has 0 N–H and O–H groups in total. The van der Waals surface area contributed by atoms with Crippen molar-refractivity contribution in [2.45, 2.75) is 19.4 Å². The van der Waals surface area contributed by atoms with Gasteiger partial charge in [0.2, 0.25) is 0 Å². The van der Waals surface area contributed by atoms with Crippen LogP contribution in [-0.4, -0.2) is 24.8 Å². The number of Topliss-reactive ketones (excluding diaryl/α,β-unsaturated/α-hetero) is 1. The van der Waals surface area contributed by atoms with E-state index in [9.17, 15) is 4.79 Å². The van der Waals surface area contributed by atoms with E-state index >= 15 is 0 Å². The Hall–Kier alpha value is -1.61. The molecular weight excluding hydrogens is 214 g/mol. The largest absolute Gasteiger partial charge is 0.464 e. The quantitative estimate of drug-likeness (QED) is 0.811. The molecule has 1 aromatic carbocycles. The molecule has 17 heavy (non-hydrogen) atoms. The number of benzene rings is 1. The molecule has 1 aromatic heterocycles. The summed E-state index contributed by atoms with van der Waals surface area (Å²) in [4.78, 5) is 13.4. The molecule has 2 aromatic rings. The minimum atomic E-state index is 0.0798. The Bertz CT molecular complexity index is 528. The number of hydrogen-bond acceptors (Lipinski definition) is 3. The predicted molar refractivity (Wildman–Crippen MR) is 67.9 cm³/mol. The maximum atomic E-state index is 11.3. The van der Waals surface area contributed by atoms with E-state index < -0.39 is 0 Å². The Morgan fingerprint density at radius 3 is 2.71 bits per heavy atom. The van der Waals surface area contributed by atoms with E-state index in [1.807, 2.05) is 38.4 Å². The van der Waals surface area contributed by atoms with Gasteiger partial charge in [0.15, 0.2) is 0 Å². The summed E-state index contributed by atoms with van der Waals surface area (Å²) in [6.45, 7) is 1.62. The third kappa shape index (κ3) is 2.39. The van der Waals surface area contributed by atoms with Crippen molar-refractivity contribution in [3.05, 3.63) is 36.1 Å². The van der Waals surface area contributed by atoms with E-state index in [0.717, 1.165) is 16.5 Å². The van der Waals surface area contributed by atoms with Crippen molar-refractivity contribution >= 4 is 16.8 Å². The maximum absolute atomic E-state index is 11.3. The van der Waals surface area contributed by atoms with Gasteiger partial charge in [0.05, 0.1) is 6.26 Å². The van der Waals surface area contributed by atoms with Crippen LogP contribution in [0.3, 0.4) is 0 Å². The average Bonchev–Trinajstić information content (AvgIpc) is 2.69. The van der Waals surface area contributed by atoms with Crippen molar-refractivity contribution in [3.8, 4) is 0 Å². The lowest BCUT2D eigenvalue weighted by Crippen LogP contribution is -2.21. The highest BCUT2D eigenvalue weighted by atomic mass is 16.3. The first-order valence-electron chi connectivity index (χ1n) is 5.71. The monoisotopic (exact) mass is 231 g/mol. The number of para-hydroxylation sites is 1.